The fraction of sp³-hybridized carbons (Fsp3) is 0.350. The zero-order valence-electron chi connectivity index (χ0n) is 16.2. The van der Waals surface area contributed by atoms with Gasteiger partial charge in [-0.15, -0.1) is 0 Å². The number of aromatic nitrogens is 3. The summed E-state index contributed by atoms with van der Waals surface area (Å²) in [6.07, 6.45) is 3.56. The van der Waals surface area contributed by atoms with Crippen LogP contribution in [0.25, 0.3) is 5.65 Å². The fourth-order valence-corrected chi connectivity index (χ4v) is 3.48. The predicted octanol–water partition coefficient (Wildman–Crippen LogP) is 2.48. The first-order valence-corrected chi connectivity index (χ1v) is 9.47. The number of nitrogens with zero attached hydrogens (tertiary/aromatic N) is 3. The van der Waals surface area contributed by atoms with Gasteiger partial charge in [-0.05, 0) is 32.0 Å². The van der Waals surface area contributed by atoms with Crippen LogP contribution in [0.1, 0.15) is 41.4 Å². The first kappa shape index (κ1) is 19.1. The monoisotopic (exact) mass is 399 g/mol. The molecule has 1 unspecified atom stereocenters. The van der Waals surface area contributed by atoms with Crippen molar-refractivity contribution in [1.29, 1.82) is 0 Å². The van der Waals surface area contributed by atoms with Crippen molar-refractivity contribution in [2.75, 3.05) is 18.5 Å². The number of ether oxygens (including phenoxy) is 2. The molecular weight excluding hydrogens is 377 g/mol. The van der Waals surface area contributed by atoms with Crippen LogP contribution in [0.3, 0.4) is 0 Å². The lowest BCUT2D eigenvalue weighted by Gasteiger charge is -2.19. The number of nitrogens with one attached hydrogen (secondary N) is 1. The first-order valence-electron chi connectivity index (χ1n) is 9.47. The topological polar surface area (TPSA) is 104 Å². The van der Waals surface area contributed by atoms with Gasteiger partial charge in [-0.2, -0.15) is 5.10 Å². The molecule has 0 bridgehead atoms. The van der Waals surface area contributed by atoms with Crippen molar-refractivity contribution in [2.24, 2.45) is 5.73 Å². The molecule has 0 saturated heterocycles. The van der Waals surface area contributed by atoms with Crippen LogP contribution < -0.4 is 15.8 Å². The van der Waals surface area contributed by atoms with Crippen LogP contribution in [0.15, 0.2) is 30.6 Å². The summed E-state index contributed by atoms with van der Waals surface area (Å²) in [6, 6.07) is 4.38. The highest BCUT2D eigenvalue weighted by Gasteiger charge is 2.27. The molecule has 9 heteroatoms. The highest BCUT2D eigenvalue weighted by atomic mass is 19.1. The molecule has 1 aliphatic rings. The van der Waals surface area contributed by atoms with Crippen molar-refractivity contribution in [3.8, 4) is 5.75 Å². The van der Waals surface area contributed by atoms with E-state index in [-0.39, 0.29) is 30.1 Å². The lowest BCUT2D eigenvalue weighted by atomic mass is 10.0. The van der Waals surface area contributed by atoms with Gasteiger partial charge in [0.05, 0.1) is 18.8 Å². The smallest absolute Gasteiger partial charge is 0.343 e. The van der Waals surface area contributed by atoms with Gasteiger partial charge >= 0.3 is 5.97 Å². The summed E-state index contributed by atoms with van der Waals surface area (Å²) >= 11 is 0. The minimum absolute atomic E-state index is 0.147. The Labute approximate surface area is 166 Å². The van der Waals surface area contributed by atoms with Crippen LogP contribution >= 0.6 is 0 Å². The Kier molecular flexibility index (Phi) is 5.06. The molecule has 3 heterocycles. The number of rotatable bonds is 6. The van der Waals surface area contributed by atoms with Crippen LogP contribution in [-0.2, 0) is 11.2 Å². The molecule has 2 atom stereocenters. The number of carbonyl (C=O) groups excluding carboxylic acids is 1. The average Bonchev–Trinajstić information content (AvgIpc) is 3.30. The Morgan fingerprint density at radius 1 is 1.52 bits per heavy atom. The van der Waals surface area contributed by atoms with Gasteiger partial charge in [0.15, 0.2) is 5.65 Å². The van der Waals surface area contributed by atoms with E-state index in [0.717, 1.165) is 5.56 Å². The second-order valence-electron chi connectivity index (χ2n) is 6.89. The molecule has 152 valence electrons. The highest BCUT2D eigenvalue weighted by molar-refractivity contribution is 5.95. The van der Waals surface area contributed by atoms with Crippen molar-refractivity contribution in [3.05, 3.63) is 53.1 Å². The summed E-state index contributed by atoms with van der Waals surface area (Å²) in [5.41, 5.74) is 7.88. The second kappa shape index (κ2) is 7.67. The van der Waals surface area contributed by atoms with Gasteiger partial charge in [-0.3, -0.25) is 0 Å². The second-order valence-corrected chi connectivity index (χ2v) is 6.89. The molecular formula is C20H22FN5O3. The number of halogens is 1. The fourth-order valence-electron chi connectivity index (χ4n) is 3.48. The standard InChI is InChI=1S/C20H22FN5O3/c1-3-28-20(27)16-10-23-26-5-4-17(25-19(16)26)24-11(2)15-8-13(21)6-12-7-14(9-22)29-18(12)15/h4-6,8,10-11,14H,3,7,9,22H2,1-2H3,(H,24,25)/t11-,14?/m1/s1. The summed E-state index contributed by atoms with van der Waals surface area (Å²) < 4.78 is 26.6. The number of esters is 1. The predicted molar refractivity (Wildman–Crippen MR) is 105 cm³/mol. The zero-order valence-corrected chi connectivity index (χ0v) is 16.2. The molecule has 8 nitrogen and oxygen atoms in total. The molecule has 0 amide bonds. The minimum Gasteiger partial charge on any atom is -0.488 e. The van der Waals surface area contributed by atoms with Crippen LogP contribution in [0.4, 0.5) is 10.2 Å². The summed E-state index contributed by atoms with van der Waals surface area (Å²) in [7, 11) is 0. The summed E-state index contributed by atoms with van der Waals surface area (Å²) in [6.45, 7) is 4.26. The first-order chi connectivity index (χ1) is 14.0. The molecule has 0 aliphatic carbocycles. The van der Waals surface area contributed by atoms with Gasteiger partial charge in [-0.25, -0.2) is 18.7 Å². The van der Waals surface area contributed by atoms with Crippen LogP contribution in [0.5, 0.6) is 5.75 Å². The molecule has 1 aliphatic heterocycles. The normalized spacial score (nSPS) is 16.3. The van der Waals surface area contributed by atoms with Gasteiger partial charge in [0.25, 0.3) is 0 Å². The van der Waals surface area contributed by atoms with Crippen LogP contribution in [0, 0.1) is 5.82 Å². The molecule has 0 spiro atoms. The van der Waals surface area contributed by atoms with Crippen molar-refractivity contribution in [2.45, 2.75) is 32.4 Å². The molecule has 4 rings (SSSR count). The number of hydrogen-bond acceptors (Lipinski definition) is 7. The van der Waals surface area contributed by atoms with E-state index in [1.54, 1.807) is 19.2 Å². The van der Waals surface area contributed by atoms with Gasteiger partial charge in [0.2, 0.25) is 0 Å². The van der Waals surface area contributed by atoms with E-state index < -0.39 is 5.97 Å². The van der Waals surface area contributed by atoms with Gasteiger partial charge in [-0.1, -0.05) is 0 Å². The van der Waals surface area contributed by atoms with E-state index in [1.165, 1.54) is 22.8 Å². The Morgan fingerprint density at radius 3 is 3.10 bits per heavy atom. The Bertz CT molecular complexity index is 1070. The third-order valence-electron chi connectivity index (χ3n) is 4.85. The summed E-state index contributed by atoms with van der Waals surface area (Å²) in [4.78, 5) is 16.6. The summed E-state index contributed by atoms with van der Waals surface area (Å²) in [5, 5.41) is 7.37. The SMILES string of the molecule is CCOC(=O)c1cnn2ccc(N[C@H](C)c3cc(F)cc4c3OC(CN)C4)nc12. The lowest BCUT2D eigenvalue weighted by molar-refractivity contribution is 0.0528. The van der Waals surface area contributed by atoms with E-state index in [4.69, 9.17) is 15.2 Å². The zero-order chi connectivity index (χ0) is 20.5. The number of fused-ring (bicyclic) bond motifs is 2. The maximum absolute atomic E-state index is 14.1. The van der Waals surface area contributed by atoms with E-state index in [0.29, 0.717) is 35.7 Å². The quantitative estimate of drug-likeness (QED) is 0.614. The molecule has 0 fully saturated rings. The van der Waals surface area contributed by atoms with E-state index in [9.17, 15) is 9.18 Å². The third kappa shape index (κ3) is 3.61. The molecule has 0 saturated carbocycles. The molecule has 1 aromatic carbocycles. The van der Waals surface area contributed by atoms with Crippen molar-refractivity contribution >= 4 is 17.4 Å². The largest absolute Gasteiger partial charge is 0.488 e. The van der Waals surface area contributed by atoms with Gasteiger partial charge < -0.3 is 20.5 Å². The molecule has 3 N–H and O–H groups in total. The third-order valence-corrected chi connectivity index (χ3v) is 4.85. The Hall–Kier alpha value is -3.20. The average molecular weight is 399 g/mol. The molecule has 29 heavy (non-hydrogen) atoms. The van der Waals surface area contributed by atoms with Crippen molar-refractivity contribution < 1.29 is 18.7 Å². The van der Waals surface area contributed by atoms with E-state index in [1.807, 2.05) is 6.92 Å². The van der Waals surface area contributed by atoms with Gasteiger partial charge in [0.1, 0.15) is 29.1 Å². The minimum atomic E-state index is -0.482. The molecule has 2 aromatic heterocycles. The number of hydrogen-bond donors (Lipinski definition) is 2. The van der Waals surface area contributed by atoms with Crippen molar-refractivity contribution in [3.63, 3.8) is 0 Å². The Balaban J connectivity index is 1.63. The van der Waals surface area contributed by atoms with Gasteiger partial charge in [0, 0.05) is 30.3 Å². The highest BCUT2D eigenvalue weighted by Crippen LogP contribution is 2.37. The van der Waals surface area contributed by atoms with Crippen molar-refractivity contribution in [1.82, 2.24) is 14.6 Å². The molecule has 3 aromatic rings. The summed E-state index contributed by atoms with van der Waals surface area (Å²) in [5.74, 6) is 0.378. The number of anilines is 1. The number of benzene rings is 1. The number of carbonyl (C=O) groups is 1. The van der Waals surface area contributed by atoms with E-state index in [2.05, 4.69) is 15.4 Å². The molecule has 0 radical (unpaired) electrons. The maximum Gasteiger partial charge on any atom is 0.343 e. The number of nitrogens with two attached hydrogens (primary N) is 1. The van der Waals surface area contributed by atoms with Crippen LogP contribution in [-0.4, -0.2) is 39.8 Å². The van der Waals surface area contributed by atoms with E-state index >= 15 is 0 Å². The Morgan fingerprint density at radius 2 is 2.34 bits per heavy atom. The van der Waals surface area contributed by atoms with Crippen LogP contribution in [0.2, 0.25) is 0 Å². The maximum atomic E-state index is 14.1. The lowest BCUT2D eigenvalue weighted by Crippen LogP contribution is -2.24.